The second-order valence-corrected chi connectivity index (χ2v) is 3.52. The molecule has 0 aromatic heterocycles. The fourth-order valence-electron chi connectivity index (χ4n) is 1.19. The molecule has 0 bridgehead atoms. The van der Waals surface area contributed by atoms with Crippen LogP contribution in [0.1, 0.15) is 11.6 Å². The lowest BCUT2D eigenvalue weighted by Gasteiger charge is -2.00. The Bertz CT molecular complexity index is 247. The van der Waals surface area contributed by atoms with Gasteiger partial charge in [-0.05, 0) is 11.6 Å². The zero-order valence-electron chi connectivity index (χ0n) is 5.58. The first-order valence-corrected chi connectivity index (χ1v) is 4.34. The normalized spacial score (nSPS) is 22.7. The molecule has 10 heavy (non-hydrogen) atoms. The van der Waals surface area contributed by atoms with Crippen molar-refractivity contribution in [2.45, 2.75) is 10.9 Å². The van der Waals surface area contributed by atoms with Crippen LogP contribution in [0.15, 0.2) is 29.2 Å². The quantitative estimate of drug-likeness (QED) is 0.611. The van der Waals surface area contributed by atoms with Gasteiger partial charge in [0.05, 0.1) is 0 Å². The minimum absolute atomic E-state index is 0.265. The minimum atomic E-state index is 0.265. The summed E-state index contributed by atoms with van der Waals surface area (Å²) >= 11 is 1.85. The number of fused-ring (bicyclic) bond motifs is 1. The lowest BCUT2D eigenvalue weighted by molar-refractivity contribution is 0.834. The van der Waals surface area contributed by atoms with Gasteiger partial charge in [-0.2, -0.15) is 0 Å². The fraction of sp³-hybridized carbons (Fsp3) is 0.250. The van der Waals surface area contributed by atoms with Crippen LogP contribution in [-0.4, -0.2) is 5.75 Å². The maximum atomic E-state index is 5.83. The molecule has 0 unspecified atom stereocenters. The summed E-state index contributed by atoms with van der Waals surface area (Å²) in [7, 11) is 0. The summed E-state index contributed by atoms with van der Waals surface area (Å²) in [5, 5.41) is 0. The van der Waals surface area contributed by atoms with Gasteiger partial charge in [-0.1, -0.05) is 18.2 Å². The Morgan fingerprint density at radius 1 is 1.40 bits per heavy atom. The second-order valence-electron chi connectivity index (χ2n) is 2.46. The van der Waals surface area contributed by atoms with Crippen LogP contribution in [0.2, 0.25) is 0 Å². The van der Waals surface area contributed by atoms with Gasteiger partial charge in [0.25, 0.3) is 0 Å². The highest BCUT2D eigenvalue weighted by Crippen LogP contribution is 2.35. The number of rotatable bonds is 0. The van der Waals surface area contributed by atoms with Crippen LogP contribution in [0.3, 0.4) is 0 Å². The van der Waals surface area contributed by atoms with E-state index >= 15 is 0 Å². The zero-order chi connectivity index (χ0) is 6.97. The number of nitrogens with two attached hydrogens (primary N) is 1. The molecule has 0 aliphatic carbocycles. The molecule has 1 aromatic rings. The molecule has 2 rings (SSSR count). The summed E-state index contributed by atoms with van der Waals surface area (Å²) in [6.07, 6.45) is 0. The van der Waals surface area contributed by atoms with Crippen LogP contribution in [0.4, 0.5) is 0 Å². The van der Waals surface area contributed by atoms with Crippen molar-refractivity contribution in [1.29, 1.82) is 0 Å². The first-order chi connectivity index (χ1) is 4.88. The average Bonchev–Trinajstić information content (AvgIpc) is 2.34. The Hall–Kier alpha value is -0.470. The van der Waals surface area contributed by atoms with Crippen molar-refractivity contribution in [3.63, 3.8) is 0 Å². The molecule has 0 saturated heterocycles. The Labute approximate surface area is 64.6 Å². The van der Waals surface area contributed by atoms with Crippen molar-refractivity contribution in [2.75, 3.05) is 5.75 Å². The van der Waals surface area contributed by atoms with Crippen molar-refractivity contribution in [3.8, 4) is 0 Å². The van der Waals surface area contributed by atoms with Crippen molar-refractivity contribution >= 4 is 11.8 Å². The van der Waals surface area contributed by atoms with Gasteiger partial charge in [0.1, 0.15) is 0 Å². The highest BCUT2D eigenvalue weighted by atomic mass is 32.2. The molecule has 0 radical (unpaired) electrons. The van der Waals surface area contributed by atoms with E-state index in [1.165, 1.54) is 10.5 Å². The van der Waals surface area contributed by atoms with Gasteiger partial charge in [0.2, 0.25) is 0 Å². The van der Waals surface area contributed by atoms with E-state index in [2.05, 4.69) is 18.2 Å². The molecule has 0 fully saturated rings. The van der Waals surface area contributed by atoms with Gasteiger partial charge in [-0.25, -0.2) is 0 Å². The molecule has 1 aliphatic rings. The summed E-state index contributed by atoms with van der Waals surface area (Å²) in [5.74, 6) is 1.04. The van der Waals surface area contributed by atoms with Crippen LogP contribution in [0.25, 0.3) is 0 Å². The summed E-state index contributed by atoms with van der Waals surface area (Å²) in [5.41, 5.74) is 7.14. The van der Waals surface area contributed by atoms with E-state index in [9.17, 15) is 0 Å². The van der Waals surface area contributed by atoms with E-state index in [1.54, 1.807) is 0 Å². The summed E-state index contributed by atoms with van der Waals surface area (Å²) in [6, 6.07) is 8.61. The molecule has 1 nitrogen and oxygen atoms in total. The van der Waals surface area contributed by atoms with Gasteiger partial charge < -0.3 is 5.73 Å². The van der Waals surface area contributed by atoms with Crippen molar-refractivity contribution < 1.29 is 0 Å². The zero-order valence-corrected chi connectivity index (χ0v) is 6.40. The lowest BCUT2D eigenvalue weighted by Crippen LogP contribution is -2.07. The van der Waals surface area contributed by atoms with Gasteiger partial charge in [0.15, 0.2) is 0 Å². The highest BCUT2D eigenvalue weighted by Gasteiger charge is 2.17. The third-order valence-corrected chi connectivity index (χ3v) is 2.95. The number of benzene rings is 1. The Balaban J connectivity index is 2.51. The Morgan fingerprint density at radius 3 is 3.00 bits per heavy atom. The van der Waals surface area contributed by atoms with Crippen molar-refractivity contribution in [2.24, 2.45) is 5.73 Å². The minimum Gasteiger partial charge on any atom is -0.323 e. The maximum Gasteiger partial charge on any atom is 0.0401 e. The van der Waals surface area contributed by atoms with Gasteiger partial charge in [0, 0.05) is 16.7 Å². The summed E-state index contributed by atoms with van der Waals surface area (Å²) in [6.45, 7) is 0. The molecule has 1 atom stereocenters. The van der Waals surface area contributed by atoms with E-state index in [1.807, 2.05) is 17.8 Å². The van der Waals surface area contributed by atoms with Gasteiger partial charge in [-0.15, -0.1) is 11.8 Å². The third-order valence-electron chi connectivity index (χ3n) is 1.74. The Morgan fingerprint density at radius 2 is 2.20 bits per heavy atom. The van der Waals surface area contributed by atoms with Crippen molar-refractivity contribution in [1.82, 2.24) is 0 Å². The molecule has 2 heteroatoms. The Kier molecular flexibility index (Phi) is 1.43. The monoisotopic (exact) mass is 151 g/mol. The number of hydrogen-bond donors (Lipinski definition) is 1. The van der Waals surface area contributed by atoms with E-state index in [-0.39, 0.29) is 6.04 Å². The predicted octanol–water partition coefficient (Wildman–Crippen LogP) is 1.79. The van der Waals surface area contributed by atoms with E-state index in [0.29, 0.717) is 0 Å². The molecule has 2 N–H and O–H groups in total. The topological polar surface area (TPSA) is 26.0 Å². The van der Waals surface area contributed by atoms with Crippen molar-refractivity contribution in [3.05, 3.63) is 29.8 Å². The number of thioether (sulfide) groups is 1. The van der Waals surface area contributed by atoms with E-state index < -0.39 is 0 Å². The van der Waals surface area contributed by atoms with Gasteiger partial charge in [-0.3, -0.25) is 0 Å². The largest absolute Gasteiger partial charge is 0.323 e. The first kappa shape index (κ1) is 6.25. The van der Waals surface area contributed by atoms with Crippen LogP contribution in [-0.2, 0) is 0 Å². The molecule has 1 aromatic carbocycles. The smallest absolute Gasteiger partial charge is 0.0401 e. The second kappa shape index (κ2) is 2.29. The SMILES string of the molecule is N[C@@H]1CSc2ccccc21. The number of hydrogen-bond acceptors (Lipinski definition) is 2. The third kappa shape index (κ3) is 0.842. The first-order valence-electron chi connectivity index (χ1n) is 3.35. The molecular weight excluding hydrogens is 142 g/mol. The van der Waals surface area contributed by atoms with E-state index in [0.717, 1.165) is 5.75 Å². The summed E-state index contributed by atoms with van der Waals surface area (Å²) in [4.78, 5) is 1.36. The van der Waals surface area contributed by atoms with Crippen LogP contribution >= 0.6 is 11.8 Å². The molecule has 0 amide bonds. The fourth-order valence-corrected chi connectivity index (χ4v) is 2.29. The molecule has 1 aliphatic heterocycles. The van der Waals surface area contributed by atoms with Crippen LogP contribution in [0.5, 0.6) is 0 Å². The molecule has 52 valence electrons. The maximum absolute atomic E-state index is 5.83. The standard InChI is InChI=1S/C8H9NS/c9-7-5-10-8-4-2-1-3-6(7)8/h1-4,7H,5,9H2/t7-/m1/s1. The van der Waals surface area contributed by atoms with Crippen LogP contribution < -0.4 is 5.73 Å². The highest BCUT2D eigenvalue weighted by molar-refractivity contribution is 7.99. The van der Waals surface area contributed by atoms with E-state index in [4.69, 9.17) is 5.73 Å². The molecule has 1 heterocycles. The molecule has 0 saturated carbocycles. The average molecular weight is 151 g/mol. The molecule has 0 spiro atoms. The predicted molar refractivity (Wildman–Crippen MR) is 44.1 cm³/mol. The summed E-state index contributed by atoms with van der Waals surface area (Å²) < 4.78 is 0. The van der Waals surface area contributed by atoms with Gasteiger partial charge >= 0.3 is 0 Å². The lowest BCUT2D eigenvalue weighted by atomic mass is 10.1. The van der Waals surface area contributed by atoms with Crippen LogP contribution in [0, 0.1) is 0 Å². The molecular formula is C8H9NS.